The Morgan fingerprint density at radius 2 is 2.04 bits per heavy atom. The first-order valence-electron chi connectivity index (χ1n) is 8.32. The second-order valence-corrected chi connectivity index (χ2v) is 7.05. The Bertz CT molecular complexity index is 1060. The summed E-state index contributed by atoms with van der Waals surface area (Å²) in [5, 5.41) is 7.88. The van der Waals surface area contributed by atoms with Crippen molar-refractivity contribution in [1.29, 1.82) is 0 Å². The molecular formula is C20H19N5S. The van der Waals surface area contributed by atoms with Crippen molar-refractivity contribution in [3.05, 3.63) is 76.8 Å². The minimum Gasteiger partial charge on any atom is -0.383 e. The lowest BCUT2D eigenvalue weighted by molar-refractivity contribution is 0.836. The maximum atomic E-state index is 5.59. The molecule has 6 heteroatoms. The molecule has 26 heavy (non-hydrogen) atoms. The van der Waals surface area contributed by atoms with Gasteiger partial charge in [-0.3, -0.25) is 5.43 Å². The van der Waals surface area contributed by atoms with Crippen LogP contribution in [0.25, 0.3) is 10.9 Å². The number of nitrogens with one attached hydrogen (secondary N) is 1. The van der Waals surface area contributed by atoms with Crippen LogP contribution in [0, 0.1) is 6.92 Å². The monoisotopic (exact) mass is 361 g/mol. The molecule has 0 radical (unpaired) electrons. The molecule has 0 atom stereocenters. The predicted molar refractivity (Wildman–Crippen MR) is 110 cm³/mol. The fraction of sp³-hybridized carbons (Fsp3) is 0.100. The topological polar surface area (TPSA) is 68.2 Å². The van der Waals surface area contributed by atoms with Gasteiger partial charge < -0.3 is 10.3 Å². The summed E-state index contributed by atoms with van der Waals surface area (Å²) in [6.45, 7) is 2.97. The molecule has 2 aromatic heterocycles. The van der Waals surface area contributed by atoms with Crippen LogP contribution in [0.3, 0.4) is 0 Å². The molecule has 2 heterocycles. The summed E-state index contributed by atoms with van der Waals surface area (Å²) in [6, 6.07) is 17.1. The molecule has 130 valence electrons. The largest absolute Gasteiger partial charge is 0.383 e. The summed E-state index contributed by atoms with van der Waals surface area (Å²) in [4.78, 5) is 4.11. The Hall–Kier alpha value is -3.12. The molecule has 0 bridgehead atoms. The van der Waals surface area contributed by atoms with Crippen LogP contribution in [0.15, 0.2) is 65.2 Å². The van der Waals surface area contributed by atoms with Crippen LogP contribution >= 0.6 is 11.3 Å². The van der Waals surface area contributed by atoms with E-state index in [0.29, 0.717) is 10.9 Å². The summed E-state index contributed by atoms with van der Waals surface area (Å²) in [6.07, 6.45) is 3.91. The van der Waals surface area contributed by atoms with Crippen molar-refractivity contribution < 1.29 is 0 Å². The van der Waals surface area contributed by atoms with E-state index < -0.39 is 0 Å². The number of hydrogen-bond donors (Lipinski definition) is 2. The second-order valence-electron chi connectivity index (χ2n) is 6.20. The van der Waals surface area contributed by atoms with Gasteiger partial charge in [-0.25, -0.2) is 4.98 Å². The second kappa shape index (κ2) is 7.01. The highest BCUT2D eigenvalue weighted by Crippen LogP contribution is 2.19. The van der Waals surface area contributed by atoms with Crippen molar-refractivity contribution in [3.8, 4) is 0 Å². The number of thiazole rings is 1. The molecule has 4 rings (SSSR count). The fourth-order valence-corrected chi connectivity index (χ4v) is 3.38. The Kier molecular flexibility index (Phi) is 4.41. The van der Waals surface area contributed by atoms with Crippen molar-refractivity contribution in [2.75, 3.05) is 11.2 Å². The van der Waals surface area contributed by atoms with Gasteiger partial charge in [-0.05, 0) is 36.2 Å². The van der Waals surface area contributed by atoms with Crippen molar-refractivity contribution in [2.45, 2.75) is 13.5 Å². The van der Waals surface area contributed by atoms with E-state index in [1.54, 1.807) is 11.6 Å². The van der Waals surface area contributed by atoms with Crippen LogP contribution in [-0.2, 0) is 6.54 Å². The zero-order valence-electron chi connectivity index (χ0n) is 14.4. The van der Waals surface area contributed by atoms with Crippen molar-refractivity contribution in [2.24, 2.45) is 5.10 Å². The molecule has 5 nitrogen and oxygen atoms in total. The van der Waals surface area contributed by atoms with Crippen molar-refractivity contribution >= 4 is 39.4 Å². The van der Waals surface area contributed by atoms with Crippen LogP contribution in [-0.4, -0.2) is 15.8 Å². The zero-order valence-corrected chi connectivity index (χ0v) is 15.2. The minimum atomic E-state index is 0.504. The Balaban J connectivity index is 1.50. The van der Waals surface area contributed by atoms with Crippen molar-refractivity contribution in [1.82, 2.24) is 9.55 Å². The number of nitrogen functional groups attached to an aromatic ring is 1. The third-order valence-corrected chi connectivity index (χ3v) is 4.93. The molecule has 3 N–H and O–H groups in total. The molecule has 0 fully saturated rings. The Labute approximate surface area is 155 Å². The lowest BCUT2D eigenvalue weighted by atomic mass is 10.1. The van der Waals surface area contributed by atoms with Crippen LogP contribution in [0.2, 0.25) is 0 Å². The number of aryl methyl sites for hydroxylation is 1. The summed E-state index contributed by atoms with van der Waals surface area (Å²) in [5.74, 6) is 0.504. The standard InChI is InChI=1S/C20H19N5S/c1-14-2-4-15(5-3-14)12-25-9-8-17-10-16(6-7-18(17)25)11-22-24-20-23-19(21)13-26-20/h2-11,13H,12,21H2,1H3,(H,23,24). The van der Waals surface area contributed by atoms with Gasteiger partial charge in [-0.2, -0.15) is 5.10 Å². The number of hydrazone groups is 1. The summed E-state index contributed by atoms with van der Waals surface area (Å²) < 4.78 is 2.26. The Morgan fingerprint density at radius 1 is 1.19 bits per heavy atom. The molecule has 0 aliphatic heterocycles. The number of nitrogens with two attached hydrogens (primary N) is 1. The summed E-state index contributed by atoms with van der Waals surface area (Å²) >= 11 is 1.43. The van der Waals surface area contributed by atoms with E-state index in [1.807, 2.05) is 0 Å². The molecular weight excluding hydrogens is 342 g/mol. The number of hydrogen-bond acceptors (Lipinski definition) is 5. The third kappa shape index (κ3) is 3.60. The number of aromatic nitrogens is 2. The highest BCUT2D eigenvalue weighted by molar-refractivity contribution is 7.14. The SMILES string of the molecule is Cc1ccc(Cn2ccc3cc(C=NNc4nc(N)cs4)ccc32)cc1. The van der Waals surface area contributed by atoms with Gasteiger partial charge in [-0.15, -0.1) is 11.3 Å². The predicted octanol–water partition coefficient (Wildman–Crippen LogP) is 4.48. The van der Waals surface area contributed by atoms with Crippen LogP contribution in [0.4, 0.5) is 10.9 Å². The van der Waals surface area contributed by atoms with Gasteiger partial charge in [0.1, 0.15) is 5.82 Å². The van der Waals surface area contributed by atoms with E-state index >= 15 is 0 Å². The number of fused-ring (bicyclic) bond motifs is 1. The lowest BCUT2D eigenvalue weighted by Gasteiger charge is -2.06. The fourth-order valence-electron chi connectivity index (χ4n) is 2.83. The zero-order chi connectivity index (χ0) is 17.9. The molecule has 2 aromatic carbocycles. The van der Waals surface area contributed by atoms with Crippen LogP contribution in [0.5, 0.6) is 0 Å². The van der Waals surface area contributed by atoms with Gasteiger partial charge in [0.2, 0.25) is 5.13 Å². The minimum absolute atomic E-state index is 0.504. The van der Waals surface area contributed by atoms with E-state index in [4.69, 9.17) is 5.73 Å². The number of nitrogens with zero attached hydrogens (tertiary/aromatic N) is 3. The van der Waals surface area contributed by atoms with Gasteiger partial charge in [0, 0.05) is 29.0 Å². The molecule has 0 amide bonds. The normalized spacial score (nSPS) is 11.4. The van der Waals surface area contributed by atoms with E-state index in [1.165, 1.54) is 33.4 Å². The third-order valence-electron chi connectivity index (χ3n) is 4.16. The van der Waals surface area contributed by atoms with Crippen LogP contribution < -0.4 is 11.2 Å². The summed E-state index contributed by atoms with van der Waals surface area (Å²) in [7, 11) is 0. The lowest BCUT2D eigenvalue weighted by Crippen LogP contribution is -1.98. The van der Waals surface area contributed by atoms with Crippen molar-refractivity contribution in [3.63, 3.8) is 0 Å². The molecule has 0 saturated carbocycles. The highest BCUT2D eigenvalue weighted by atomic mass is 32.1. The quantitative estimate of drug-likeness (QED) is 0.407. The van der Waals surface area contributed by atoms with Gasteiger partial charge in [0.05, 0.1) is 6.21 Å². The first-order valence-corrected chi connectivity index (χ1v) is 9.20. The van der Waals surface area contributed by atoms with Crippen LogP contribution in [0.1, 0.15) is 16.7 Å². The van der Waals surface area contributed by atoms with Gasteiger partial charge in [0.25, 0.3) is 0 Å². The van der Waals surface area contributed by atoms with E-state index in [2.05, 4.69) is 81.7 Å². The average Bonchev–Trinajstić information content (AvgIpc) is 3.23. The summed E-state index contributed by atoms with van der Waals surface area (Å²) in [5.41, 5.74) is 13.3. The number of rotatable bonds is 5. The molecule has 0 aliphatic rings. The first kappa shape index (κ1) is 16.4. The average molecular weight is 361 g/mol. The molecule has 4 aromatic rings. The Morgan fingerprint density at radius 3 is 2.81 bits per heavy atom. The van der Waals surface area contributed by atoms with E-state index in [-0.39, 0.29) is 0 Å². The molecule has 0 saturated heterocycles. The highest BCUT2D eigenvalue weighted by Gasteiger charge is 2.03. The number of anilines is 2. The number of benzene rings is 2. The van der Waals surface area contributed by atoms with E-state index in [0.717, 1.165) is 12.1 Å². The van der Waals surface area contributed by atoms with Gasteiger partial charge in [-0.1, -0.05) is 35.9 Å². The maximum absolute atomic E-state index is 5.59. The molecule has 0 aliphatic carbocycles. The first-order chi connectivity index (χ1) is 12.7. The molecule has 0 unspecified atom stereocenters. The van der Waals surface area contributed by atoms with E-state index in [9.17, 15) is 0 Å². The maximum Gasteiger partial charge on any atom is 0.205 e. The molecule has 0 spiro atoms. The smallest absolute Gasteiger partial charge is 0.205 e. The van der Waals surface area contributed by atoms with Gasteiger partial charge in [0.15, 0.2) is 0 Å². The van der Waals surface area contributed by atoms with Gasteiger partial charge >= 0.3 is 0 Å².